The molecule has 0 radical (unpaired) electrons. The van der Waals surface area contributed by atoms with E-state index in [-0.39, 0.29) is 11.6 Å². The molecule has 0 bridgehead atoms. The summed E-state index contributed by atoms with van der Waals surface area (Å²) in [7, 11) is 0. The summed E-state index contributed by atoms with van der Waals surface area (Å²) in [6.07, 6.45) is 0. The molecule has 0 spiro atoms. The Balaban J connectivity index is 1.35. The third-order valence-corrected chi connectivity index (χ3v) is 6.72. The fourth-order valence-electron chi connectivity index (χ4n) is 3.34. The van der Waals surface area contributed by atoms with Gasteiger partial charge < -0.3 is 4.90 Å². The zero-order valence-electron chi connectivity index (χ0n) is 15.9. The molecule has 7 nitrogen and oxygen atoms in total. The Labute approximate surface area is 176 Å². The minimum Gasteiger partial charge on any atom is -0.336 e. The van der Waals surface area contributed by atoms with Gasteiger partial charge in [0, 0.05) is 48.8 Å². The van der Waals surface area contributed by atoms with Crippen molar-refractivity contribution in [2.24, 2.45) is 0 Å². The molecule has 3 aromatic rings. The van der Waals surface area contributed by atoms with Crippen molar-refractivity contribution >= 4 is 34.3 Å². The van der Waals surface area contributed by atoms with Crippen LogP contribution in [0.15, 0.2) is 41.1 Å². The highest BCUT2D eigenvalue weighted by atomic mass is 32.1. The van der Waals surface area contributed by atoms with Gasteiger partial charge in [0.1, 0.15) is 5.01 Å². The van der Waals surface area contributed by atoms with Crippen LogP contribution in [0, 0.1) is 17.0 Å². The van der Waals surface area contributed by atoms with Crippen LogP contribution in [0.25, 0.3) is 10.6 Å². The number of piperazine rings is 1. The number of thiophene rings is 1. The van der Waals surface area contributed by atoms with Crippen LogP contribution >= 0.6 is 22.7 Å². The number of aryl methyl sites for hydroxylation is 1. The second-order valence-electron chi connectivity index (χ2n) is 6.93. The van der Waals surface area contributed by atoms with Crippen LogP contribution in [0.5, 0.6) is 0 Å². The number of thiazole rings is 1. The van der Waals surface area contributed by atoms with Gasteiger partial charge in [-0.2, -0.15) is 0 Å². The Morgan fingerprint density at radius 1 is 1.21 bits per heavy atom. The quantitative estimate of drug-likeness (QED) is 0.452. The molecule has 1 saturated heterocycles. The average Bonchev–Trinajstić information content (AvgIpc) is 3.40. The van der Waals surface area contributed by atoms with Gasteiger partial charge in [-0.1, -0.05) is 12.1 Å². The van der Waals surface area contributed by atoms with Gasteiger partial charge in [0.15, 0.2) is 0 Å². The Morgan fingerprint density at radius 3 is 2.69 bits per heavy atom. The monoisotopic (exact) mass is 428 g/mol. The summed E-state index contributed by atoms with van der Waals surface area (Å²) < 4.78 is 0. The number of hydrogen-bond donors (Lipinski definition) is 0. The maximum atomic E-state index is 12.8. The minimum absolute atomic E-state index is 0.0141. The summed E-state index contributed by atoms with van der Waals surface area (Å²) in [5.41, 5.74) is 1.94. The third kappa shape index (κ3) is 4.36. The first-order chi connectivity index (χ1) is 14.0. The molecular weight excluding hydrogens is 408 g/mol. The molecule has 3 heterocycles. The average molecular weight is 429 g/mol. The zero-order chi connectivity index (χ0) is 20.4. The van der Waals surface area contributed by atoms with Gasteiger partial charge >= 0.3 is 0 Å². The predicted molar refractivity (Wildman–Crippen MR) is 114 cm³/mol. The van der Waals surface area contributed by atoms with E-state index < -0.39 is 4.92 Å². The number of nitro groups is 1. The minimum atomic E-state index is -0.442. The maximum Gasteiger partial charge on any atom is 0.273 e. The molecule has 1 aliphatic rings. The largest absolute Gasteiger partial charge is 0.336 e. The molecule has 9 heteroatoms. The van der Waals surface area contributed by atoms with E-state index in [9.17, 15) is 14.9 Å². The van der Waals surface area contributed by atoms with Crippen LogP contribution in [0.1, 0.15) is 20.9 Å². The number of amides is 1. The number of rotatable bonds is 5. The van der Waals surface area contributed by atoms with Crippen molar-refractivity contribution in [2.75, 3.05) is 26.2 Å². The first-order valence-corrected chi connectivity index (χ1v) is 11.0. The molecule has 0 aliphatic carbocycles. The Bertz CT molecular complexity index is 1020. The third-order valence-electron chi connectivity index (χ3n) is 5.00. The van der Waals surface area contributed by atoms with Gasteiger partial charge in [0.05, 0.1) is 22.0 Å². The van der Waals surface area contributed by atoms with E-state index in [0.29, 0.717) is 24.2 Å². The lowest BCUT2D eigenvalue weighted by molar-refractivity contribution is -0.385. The molecule has 1 aromatic carbocycles. The van der Waals surface area contributed by atoms with Gasteiger partial charge in [-0.15, -0.1) is 22.7 Å². The van der Waals surface area contributed by atoms with E-state index in [1.54, 1.807) is 46.6 Å². The van der Waals surface area contributed by atoms with E-state index in [2.05, 4.69) is 16.3 Å². The molecular formula is C20H20N4O3S2. The molecule has 1 amide bonds. The van der Waals surface area contributed by atoms with Crippen molar-refractivity contribution in [3.63, 3.8) is 0 Å². The molecule has 0 saturated carbocycles. The van der Waals surface area contributed by atoms with Crippen molar-refractivity contribution in [3.8, 4) is 10.6 Å². The van der Waals surface area contributed by atoms with Gasteiger partial charge in [0.2, 0.25) is 0 Å². The summed E-state index contributed by atoms with van der Waals surface area (Å²) in [5, 5.41) is 16.3. The van der Waals surface area contributed by atoms with Gasteiger partial charge in [-0.05, 0) is 24.4 Å². The van der Waals surface area contributed by atoms with Crippen LogP contribution in [0.3, 0.4) is 0 Å². The number of carbonyl (C=O) groups is 1. The number of hydrogen-bond acceptors (Lipinski definition) is 7. The van der Waals surface area contributed by atoms with E-state index in [0.717, 1.165) is 30.3 Å². The van der Waals surface area contributed by atoms with E-state index in [1.807, 2.05) is 11.4 Å². The van der Waals surface area contributed by atoms with E-state index in [1.165, 1.54) is 10.9 Å². The van der Waals surface area contributed by atoms with Gasteiger partial charge in [-0.25, -0.2) is 4.98 Å². The molecule has 4 rings (SSSR count). The first kappa shape index (κ1) is 19.7. The molecule has 2 aromatic heterocycles. The fourth-order valence-corrected chi connectivity index (χ4v) is 4.94. The number of benzene rings is 1. The van der Waals surface area contributed by atoms with Crippen molar-refractivity contribution in [1.29, 1.82) is 0 Å². The number of carbonyl (C=O) groups excluding carboxylic acids is 1. The van der Waals surface area contributed by atoms with Crippen LogP contribution < -0.4 is 0 Å². The second-order valence-corrected chi connectivity index (χ2v) is 8.82. The molecule has 0 N–H and O–H groups in total. The Morgan fingerprint density at radius 2 is 2.00 bits per heavy atom. The first-order valence-electron chi connectivity index (χ1n) is 9.26. The lowest BCUT2D eigenvalue weighted by Gasteiger charge is -2.34. The highest BCUT2D eigenvalue weighted by Crippen LogP contribution is 2.27. The lowest BCUT2D eigenvalue weighted by Crippen LogP contribution is -2.48. The number of nitrogens with zero attached hydrogens (tertiary/aromatic N) is 4. The summed E-state index contributed by atoms with van der Waals surface area (Å²) in [5.74, 6) is -0.151. The smallest absolute Gasteiger partial charge is 0.273 e. The summed E-state index contributed by atoms with van der Waals surface area (Å²) in [6.45, 7) is 5.16. The molecule has 1 aliphatic heterocycles. The Hall–Kier alpha value is -2.62. The van der Waals surface area contributed by atoms with Gasteiger partial charge in [0.25, 0.3) is 11.6 Å². The van der Waals surface area contributed by atoms with Crippen molar-refractivity contribution in [2.45, 2.75) is 13.5 Å². The normalized spacial score (nSPS) is 14.9. The van der Waals surface area contributed by atoms with Gasteiger partial charge in [-0.3, -0.25) is 19.8 Å². The van der Waals surface area contributed by atoms with Crippen molar-refractivity contribution in [3.05, 3.63) is 67.3 Å². The zero-order valence-corrected chi connectivity index (χ0v) is 17.5. The van der Waals surface area contributed by atoms with E-state index >= 15 is 0 Å². The molecule has 0 unspecified atom stereocenters. The second kappa shape index (κ2) is 8.40. The van der Waals surface area contributed by atoms with Crippen LogP contribution in [0.2, 0.25) is 0 Å². The topological polar surface area (TPSA) is 79.6 Å². The summed E-state index contributed by atoms with van der Waals surface area (Å²) >= 11 is 3.35. The van der Waals surface area contributed by atoms with Crippen LogP contribution in [-0.2, 0) is 6.54 Å². The number of aromatic nitrogens is 1. The fraction of sp³-hybridized carbons (Fsp3) is 0.300. The van der Waals surface area contributed by atoms with Crippen LogP contribution in [-0.4, -0.2) is 51.8 Å². The molecule has 150 valence electrons. The maximum absolute atomic E-state index is 12.8. The molecule has 1 fully saturated rings. The van der Waals surface area contributed by atoms with Crippen LogP contribution in [0.4, 0.5) is 5.69 Å². The summed E-state index contributed by atoms with van der Waals surface area (Å²) in [4.78, 5) is 33.4. The van der Waals surface area contributed by atoms with E-state index in [4.69, 9.17) is 4.98 Å². The highest BCUT2D eigenvalue weighted by molar-refractivity contribution is 7.14. The van der Waals surface area contributed by atoms with Crippen molar-refractivity contribution < 1.29 is 9.72 Å². The van der Waals surface area contributed by atoms with Crippen molar-refractivity contribution in [1.82, 2.24) is 14.8 Å². The lowest BCUT2D eigenvalue weighted by atomic mass is 10.1. The predicted octanol–water partition coefficient (Wildman–Crippen LogP) is 4.05. The standard InChI is InChI=1S/C20H20N4O3S2/c1-14-4-5-15(11-17(14)24(26)27)20(25)23-8-6-22(7-9-23)12-19-21-16(13-29-19)18-3-2-10-28-18/h2-5,10-11,13H,6-9,12H2,1H3. The molecule has 0 atom stereocenters. The highest BCUT2D eigenvalue weighted by Gasteiger charge is 2.24. The Kier molecular flexibility index (Phi) is 5.70. The SMILES string of the molecule is Cc1ccc(C(=O)N2CCN(Cc3nc(-c4cccs4)cs3)CC2)cc1[N+](=O)[O-]. The summed E-state index contributed by atoms with van der Waals surface area (Å²) in [6, 6.07) is 8.78. The molecule has 29 heavy (non-hydrogen) atoms. The number of nitro benzene ring substituents is 1.